The van der Waals surface area contributed by atoms with Gasteiger partial charge in [0.1, 0.15) is 10.0 Å². The molecule has 0 aliphatic rings. The predicted molar refractivity (Wildman–Crippen MR) is 76.8 cm³/mol. The molecule has 0 spiro atoms. The summed E-state index contributed by atoms with van der Waals surface area (Å²) in [6, 6.07) is 3.05. The van der Waals surface area contributed by atoms with Gasteiger partial charge >= 0.3 is 0 Å². The fourth-order valence-corrected chi connectivity index (χ4v) is 2.99. The molecular weight excluding hydrogens is 286 g/mol. The number of halogens is 1. The first-order valence-electron chi connectivity index (χ1n) is 6.26. The molecule has 1 rings (SSSR count). The zero-order chi connectivity index (χ0) is 14.5. The van der Waals surface area contributed by atoms with Gasteiger partial charge in [-0.25, -0.2) is 18.1 Å². The molecule has 108 valence electrons. The number of aromatic nitrogens is 1. The second-order valence-electron chi connectivity index (χ2n) is 4.24. The van der Waals surface area contributed by atoms with E-state index in [-0.39, 0.29) is 16.1 Å². The number of hydrogen-bond donors (Lipinski definition) is 1. The van der Waals surface area contributed by atoms with Gasteiger partial charge in [0, 0.05) is 18.8 Å². The molecule has 1 unspecified atom stereocenters. The van der Waals surface area contributed by atoms with Gasteiger partial charge in [0.15, 0.2) is 0 Å². The van der Waals surface area contributed by atoms with Gasteiger partial charge in [-0.05, 0) is 32.1 Å². The maximum absolute atomic E-state index is 12.0. The van der Waals surface area contributed by atoms with Crippen molar-refractivity contribution in [1.29, 1.82) is 0 Å². The van der Waals surface area contributed by atoms with E-state index in [1.165, 1.54) is 18.3 Å². The van der Waals surface area contributed by atoms with Crippen LogP contribution < -0.4 is 4.72 Å². The summed E-state index contributed by atoms with van der Waals surface area (Å²) in [5, 5.41) is 0.274. The molecule has 5 nitrogen and oxygen atoms in total. The molecule has 7 heteroatoms. The van der Waals surface area contributed by atoms with Crippen LogP contribution in [-0.2, 0) is 10.0 Å². The number of sulfonamides is 1. The number of pyridine rings is 1. The molecule has 1 aromatic rings. The van der Waals surface area contributed by atoms with Crippen LogP contribution in [0.4, 0.5) is 0 Å². The molecule has 0 saturated heterocycles. The summed E-state index contributed by atoms with van der Waals surface area (Å²) < 4.78 is 26.7. The fraction of sp³-hybridized carbons (Fsp3) is 0.583. The molecule has 0 bridgehead atoms. The third-order valence-electron chi connectivity index (χ3n) is 3.02. The number of rotatable bonds is 7. The van der Waals surface area contributed by atoms with Gasteiger partial charge in [-0.15, -0.1) is 0 Å². The number of hydrogen-bond acceptors (Lipinski definition) is 4. The number of nitrogens with zero attached hydrogens (tertiary/aromatic N) is 2. The van der Waals surface area contributed by atoms with Gasteiger partial charge in [-0.2, -0.15) is 0 Å². The Kier molecular flexibility index (Phi) is 6.19. The van der Waals surface area contributed by atoms with Crippen molar-refractivity contribution in [3.63, 3.8) is 0 Å². The van der Waals surface area contributed by atoms with E-state index < -0.39 is 10.0 Å². The Bertz CT molecular complexity index is 486. The highest BCUT2D eigenvalue weighted by Gasteiger charge is 2.17. The second-order valence-corrected chi connectivity index (χ2v) is 6.39. The molecule has 0 fully saturated rings. The smallest absolute Gasteiger partial charge is 0.242 e. The van der Waals surface area contributed by atoms with Gasteiger partial charge in [0.2, 0.25) is 10.0 Å². The minimum Gasteiger partial charge on any atom is -0.300 e. The van der Waals surface area contributed by atoms with Gasteiger partial charge in [0.25, 0.3) is 0 Å². The third-order valence-corrected chi connectivity index (χ3v) is 4.65. The van der Waals surface area contributed by atoms with E-state index in [1.54, 1.807) is 0 Å². The van der Waals surface area contributed by atoms with Crippen LogP contribution in [-0.4, -0.2) is 44.0 Å². The summed E-state index contributed by atoms with van der Waals surface area (Å²) in [6.07, 6.45) is 1.26. The molecule has 19 heavy (non-hydrogen) atoms. The van der Waals surface area contributed by atoms with E-state index in [2.05, 4.69) is 28.5 Å². The van der Waals surface area contributed by atoms with Crippen LogP contribution in [0.5, 0.6) is 0 Å². The first kappa shape index (κ1) is 16.4. The SMILES string of the molecule is CCN(CC)C(C)CNS(=O)(=O)c1ccc(Cl)nc1. The summed E-state index contributed by atoms with van der Waals surface area (Å²) >= 11 is 5.64. The average molecular weight is 306 g/mol. The molecule has 0 amide bonds. The van der Waals surface area contributed by atoms with E-state index in [4.69, 9.17) is 11.6 Å². The molecule has 1 aromatic heterocycles. The minimum absolute atomic E-state index is 0.128. The molecule has 1 heterocycles. The summed E-state index contributed by atoms with van der Waals surface area (Å²) in [6.45, 7) is 8.25. The Morgan fingerprint density at radius 1 is 1.37 bits per heavy atom. The number of likely N-dealkylation sites (N-methyl/N-ethyl adjacent to an activating group) is 1. The fourth-order valence-electron chi connectivity index (χ4n) is 1.81. The van der Waals surface area contributed by atoms with Crippen molar-refractivity contribution in [2.24, 2.45) is 0 Å². The summed E-state index contributed by atoms with van der Waals surface area (Å²) in [4.78, 5) is 6.09. The molecule has 0 radical (unpaired) electrons. The van der Waals surface area contributed by atoms with Crippen molar-refractivity contribution in [2.45, 2.75) is 31.7 Å². The van der Waals surface area contributed by atoms with Gasteiger partial charge in [0.05, 0.1) is 0 Å². The first-order valence-corrected chi connectivity index (χ1v) is 8.12. The maximum Gasteiger partial charge on any atom is 0.242 e. The van der Waals surface area contributed by atoms with Crippen molar-refractivity contribution in [3.8, 4) is 0 Å². The molecule has 0 saturated carbocycles. The van der Waals surface area contributed by atoms with Crippen LogP contribution in [0.15, 0.2) is 23.2 Å². The predicted octanol–water partition coefficient (Wildman–Crippen LogP) is 1.74. The van der Waals surface area contributed by atoms with Crippen LogP contribution in [0.1, 0.15) is 20.8 Å². The van der Waals surface area contributed by atoms with Crippen molar-refractivity contribution in [2.75, 3.05) is 19.6 Å². The second kappa shape index (κ2) is 7.19. The summed E-state index contributed by atoms with van der Waals surface area (Å²) in [5.41, 5.74) is 0. The maximum atomic E-state index is 12.0. The highest BCUT2D eigenvalue weighted by Crippen LogP contribution is 2.10. The normalized spacial score (nSPS) is 13.7. The molecule has 0 aliphatic heterocycles. The highest BCUT2D eigenvalue weighted by atomic mass is 35.5. The first-order chi connectivity index (χ1) is 8.90. The highest BCUT2D eigenvalue weighted by molar-refractivity contribution is 7.89. The van der Waals surface area contributed by atoms with Crippen LogP contribution >= 0.6 is 11.6 Å². The van der Waals surface area contributed by atoms with Crippen molar-refractivity contribution < 1.29 is 8.42 Å². The molecule has 0 aliphatic carbocycles. The van der Waals surface area contributed by atoms with Gasteiger partial charge in [-0.1, -0.05) is 25.4 Å². The molecular formula is C12H20ClN3O2S. The van der Waals surface area contributed by atoms with E-state index in [0.717, 1.165) is 13.1 Å². The Labute approximate surface area is 120 Å². The Hall–Kier alpha value is -0.690. The average Bonchev–Trinajstić information content (AvgIpc) is 2.38. The van der Waals surface area contributed by atoms with Crippen molar-refractivity contribution in [3.05, 3.63) is 23.5 Å². The van der Waals surface area contributed by atoms with Gasteiger partial charge < -0.3 is 0 Å². The van der Waals surface area contributed by atoms with E-state index >= 15 is 0 Å². The van der Waals surface area contributed by atoms with Crippen molar-refractivity contribution in [1.82, 2.24) is 14.6 Å². The molecule has 0 aromatic carbocycles. The molecule has 1 atom stereocenters. The Morgan fingerprint density at radius 2 is 2.00 bits per heavy atom. The Balaban J connectivity index is 2.68. The third kappa shape index (κ3) is 4.72. The summed E-state index contributed by atoms with van der Waals surface area (Å²) in [5.74, 6) is 0. The quantitative estimate of drug-likeness (QED) is 0.780. The van der Waals surface area contributed by atoms with Crippen molar-refractivity contribution >= 4 is 21.6 Å². The van der Waals surface area contributed by atoms with E-state index in [9.17, 15) is 8.42 Å². The largest absolute Gasteiger partial charge is 0.300 e. The standard InChI is InChI=1S/C12H20ClN3O2S/c1-4-16(5-2)10(3)8-15-19(17,18)11-6-7-12(13)14-9-11/h6-7,9-10,15H,4-5,8H2,1-3H3. The number of nitrogens with one attached hydrogen (secondary N) is 1. The van der Waals surface area contributed by atoms with Crippen LogP contribution in [0.2, 0.25) is 5.15 Å². The van der Waals surface area contributed by atoms with Gasteiger partial charge in [-0.3, -0.25) is 4.90 Å². The zero-order valence-corrected chi connectivity index (χ0v) is 13.0. The zero-order valence-electron chi connectivity index (χ0n) is 11.4. The molecule has 1 N–H and O–H groups in total. The minimum atomic E-state index is -3.52. The summed E-state index contributed by atoms with van der Waals surface area (Å²) in [7, 11) is -3.52. The topological polar surface area (TPSA) is 62.3 Å². The lowest BCUT2D eigenvalue weighted by atomic mass is 10.3. The lowest BCUT2D eigenvalue weighted by Gasteiger charge is -2.26. The monoisotopic (exact) mass is 305 g/mol. The lowest BCUT2D eigenvalue weighted by molar-refractivity contribution is 0.232. The van der Waals surface area contributed by atoms with E-state index in [0.29, 0.717) is 6.54 Å². The van der Waals surface area contributed by atoms with Crippen LogP contribution in [0.3, 0.4) is 0 Å². The van der Waals surface area contributed by atoms with E-state index in [1.807, 2.05) is 6.92 Å². The van der Waals surface area contributed by atoms with Crippen LogP contribution in [0.25, 0.3) is 0 Å². The Morgan fingerprint density at radius 3 is 2.47 bits per heavy atom. The van der Waals surface area contributed by atoms with Crippen LogP contribution in [0, 0.1) is 0 Å². The lowest BCUT2D eigenvalue weighted by Crippen LogP contribution is -2.41.